The Hall–Kier alpha value is -2.68. The van der Waals surface area contributed by atoms with Crippen molar-refractivity contribution in [1.82, 2.24) is 14.5 Å². The van der Waals surface area contributed by atoms with Crippen molar-refractivity contribution < 1.29 is 17.9 Å². The lowest BCUT2D eigenvalue weighted by Gasteiger charge is -2.35. The molecule has 0 aliphatic carbocycles. The van der Waals surface area contributed by atoms with E-state index in [1.54, 1.807) is 24.3 Å². The Morgan fingerprint density at radius 1 is 1.03 bits per heavy atom. The number of nitrogens with one attached hydrogen (secondary N) is 1. The Balaban J connectivity index is 1.25. The van der Waals surface area contributed by atoms with Gasteiger partial charge in [0.1, 0.15) is 12.4 Å². The predicted molar refractivity (Wildman–Crippen MR) is 119 cm³/mol. The average molecular weight is 442 g/mol. The molecule has 2 heterocycles. The van der Waals surface area contributed by atoms with Crippen LogP contribution >= 0.6 is 0 Å². The smallest absolute Gasteiger partial charge is 0.253 e. The highest BCUT2D eigenvalue weighted by Gasteiger charge is 2.26. The van der Waals surface area contributed by atoms with E-state index in [0.717, 1.165) is 16.9 Å². The van der Waals surface area contributed by atoms with E-state index in [4.69, 9.17) is 4.74 Å². The van der Waals surface area contributed by atoms with Crippen molar-refractivity contribution >= 4 is 22.0 Å². The summed E-state index contributed by atoms with van der Waals surface area (Å²) in [5, 5.41) is 0. The van der Waals surface area contributed by atoms with Gasteiger partial charge in [0.2, 0.25) is 10.0 Å². The molecule has 2 aliphatic heterocycles. The van der Waals surface area contributed by atoms with E-state index >= 15 is 0 Å². The van der Waals surface area contributed by atoms with Gasteiger partial charge in [0.05, 0.1) is 10.5 Å². The van der Waals surface area contributed by atoms with Gasteiger partial charge in [-0.3, -0.25) is 9.69 Å². The van der Waals surface area contributed by atoms with Gasteiger partial charge in [-0.2, -0.15) is 0 Å². The molecule has 0 aromatic heterocycles. The summed E-state index contributed by atoms with van der Waals surface area (Å²) in [6.45, 7) is 5.80. The minimum absolute atomic E-state index is 0.00854. The van der Waals surface area contributed by atoms with Crippen molar-refractivity contribution in [2.45, 2.75) is 11.8 Å². The zero-order valence-electron chi connectivity index (χ0n) is 17.6. The number of sulfonamides is 1. The van der Waals surface area contributed by atoms with Gasteiger partial charge in [-0.05, 0) is 31.2 Å². The second-order valence-corrected chi connectivity index (χ2v) is 9.61. The second-order valence-electron chi connectivity index (χ2n) is 7.84. The maximum atomic E-state index is 12.9. The van der Waals surface area contributed by atoms with Crippen LogP contribution in [0.25, 0.3) is 6.08 Å². The van der Waals surface area contributed by atoms with Gasteiger partial charge in [-0.25, -0.2) is 13.1 Å². The van der Waals surface area contributed by atoms with Crippen LogP contribution in [0.2, 0.25) is 0 Å². The number of piperazine rings is 1. The van der Waals surface area contributed by atoms with E-state index in [9.17, 15) is 13.2 Å². The molecule has 4 rings (SSSR count). The molecule has 7 nitrogen and oxygen atoms in total. The minimum Gasteiger partial charge on any atom is -0.488 e. The van der Waals surface area contributed by atoms with Gasteiger partial charge in [0.15, 0.2) is 0 Å². The summed E-state index contributed by atoms with van der Waals surface area (Å²) in [5.74, 6) is 0.811. The van der Waals surface area contributed by atoms with Crippen LogP contribution in [0.5, 0.6) is 5.75 Å². The number of carbonyl (C=O) groups excluding carboxylic acids is 1. The number of benzene rings is 2. The molecule has 2 aromatic rings. The third-order valence-electron chi connectivity index (χ3n) is 5.62. The largest absolute Gasteiger partial charge is 0.488 e. The normalized spacial score (nSPS) is 16.9. The fourth-order valence-electron chi connectivity index (χ4n) is 3.76. The summed E-state index contributed by atoms with van der Waals surface area (Å²) in [6.07, 6.45) is 1.91. The molecule has 8 heteroatoms. The monoisotopic (exact) mass is 441 g/mol. The number of amides is 1. The third kappa shape index (κ3) is 5.15. The van der Waals surface area contributed by atoms with Gasteiger partial charge in [0.25, 0.3) is 5.91 Å². The summed E-state index contributed by atoms with van der Waals surface area (Å²) in [4.78, 5) is 17.2. The minimum atomic E-state index is -3.50. The van der Waals surface area contributed by atoms with Crippen LogP contribution in [-0.2, 0) is 14.8 Å². The van der Waals surface area contributed by atoms with E-state index in [-0.39, 0.29) is 17.4 Å². The summed E-state index contributed by atoms with van der Waals surface area (Å²) >= 11 is 0. The molecule has 0 spiro atoms. The first-order chi connectivity index (χ1) is 14.9. The second kappa shape index (κ2) is 9.21. The first-order valence-corrected chi connectivity index (χ1v) is 11.9. The van der Waals surface area contributed by atoms with Crippen LogP contribution in [-0.4, -0.2) is 70.0 Å². The number of nitrogens with zero attached hydrogens (tertiary/aromatic N) is 2. The van der Waals surface area contributed by atoms with Crippen LogP contribution < -0.4 is 9.46 Å². The molecule has 0 bridgehead atoms. The number of fused-ring (bicyclic) bond motifs is 1. The van der Waals surface area contributed by atoms with Crippen molar-refractivity contribution in [2.24, 2.45) is 0 Å². The topological polar surface area (TPSA) is 79.0 Å². The number of carbonyl (C=O) groups is 1. The molecule has 1 saturated heterocycles. The molecule has 1 N–H and O–H groups in total. The lowest BCUT2D eigenvalue weighted by atomic mass is 10.1. The van der Waals surface area contributed by atoms with E-state index in [2.05, 4.69) is 9.62 Å². The Bertz CT molecular complexity index is 1070. The number of rotatable bonds is 6. The fraction of sp³-hybridized carbons (Fsp3) is 0.348. The van der Waals surface area contributed by atoms with Crippen LogP contribution in [0.15, 0.2) is 59.0 Å². The molecular weight excluding hydrogens is 414 g/mol. The number of aryl methyl sites for hydroxylation is 1. The first kappa shape index (κ1) is 21.5. The van der Waals surface area contributed by atoms with Crippen LogP contribution in [0.1, 0.15) is 11.1 Å². The number of para-hydroxylation sites is 1. The zero-order chi connectivity index (χ0) is 21.8. The van der Waals surface area contributed by atoms with E-state index in [1.165, 1.54) is 0 Å². The summed E-state index contributed by atoms with van der Waals surface area (Å²) in [7, 11) is -3.50. The highest BCUT2D eigenvalue weighted by atomic mass is 32.2. The number of hydrogen-bond donors (Lipinski definition) is 1. The summed E-state index contributed by atoms with van der Waals surface area (Å²) in [5.41, 5.74) is 2.61. The summed E-state index contributed by atoms with van der Waals surface area (Å²) in [6, 6.07) is 14.5. The van der Waals surface area contributed by atoms with E-state index < -0.39 is 10.0 Å². The maximum Gasteiger partial charge on any atom is 0.253 e. The number of ether oxygens (including phenoxy) is 1. The standard InChI is InChI=1S/C23H27N3O4S/c1-18-6-8-21(9-7-18)31(28,29)24-10-11-25-12-14-26(15-13-25)23(27)20-16-19-4-2-3-5-22(19)30-17-20/h2-9,16,24H,10-15,17H2,1H3. The van der Waals surface area contributed by atoms with Crippen LogP contribution in [0, 0.1) is 6.92 Å². The molecule has 31 heavy (non-hydrogen) atoms. The molecule has 2 aromatic carbocycles. The van der Waals surface area contributed by atoms with Crippen molar-refractivity contribution in [3.8, 4) is 5.75 Å². The zero-order valence-corrected chi connectivity index (χ0v) is 18.4. The molecule has 0 unspecified atom stereocenters. The van der Waals surface area contributed by atoms with Crippen LogP contribution in [0.4, 0.5) is 0 Å². The Labute approximate surface area is 183 Å². The molecule has 1 fully saturated rings. The predicted octanol–water partition coefficient (Wildman–Crippen LogP) is 1.89. The van der Waals surface area contributed by atoms with Gasteiger partial charge in [-0.15, -0.1) is 0 Å². The first-order valence-electron chi connectivity index (χ1n) is 10.4. The maximum absolute atomic E-state index is 12.9. The van der Waals surface area contributed by atoms with Gasteiger partial charge in [-0.1, -0.05) is 35.9 Å². The van der Waals surface area contributed by atoms with Crippen molar-refractivity contribution in [3.05, 3.63) is 65.2 Å². The number of hydrogen-bond acceptors (Lipinski definition) is 5. The molecule has 164 valence electrons. The van der Waals surface area contributed by atoms with Crippen molar-refractivity contribution in [1.29, 1.82) is 0 Å². The van der Waals surface area contributed by atoms with E-state index in [1.807, 2.05) is 42.2 Å². The third-order valence-corrected chi connectivity index (χ3v) is 7.09. The van der Waals surface area contributed by atoms with Gasteiger partial charge in [0, 0.05) is 44.8 Å². The molecule has 1 amide bonds. The Morgan fingerprint density at radius 3 is 2.48 bits per heavy atom. The van der Waals surface area contributed by atoms with E-state index in [0.29, 0.717) is 44.8 Å². The quantitative estimate of drug-likeness (QED) is 0.741. The van der Waals surface area contributed by atoms with Gasteiger partial charge < -0.3 is 9.64 Å². The molecule has 0 radical (unpaired) electrons. The molecule has 2 aliphatic rings. The van der Waals surface area contributed by atoms with Gasteiger partial charge >= 0.3 is 0 Å². The molecular formula is C23H27N3O4S. The lowest BCUT2D eigenvalue weighted by Crippen LogP contribution is -2.50. The SMILES string of the molecule is Cc1ccc(S(=O)(=O)NCCN2CCN(C(=O)C3=Cc4ccccc4OC3)CC2)cc1. The molecule has 0 saturated carbocycles. The molecule has 0 atom stereocenters. The highest BCUT2D eigenvalue weighted by molar-refractivity contribution is 7.89. The van der Waals surface area contributed by atoms with Crippen molar-refractivity contribution in [2.75, 3.05) is 45.9 Å². The Morgan fingerprint density at radius 2 is 1.74 bits per heavy atom. The van der Waals surface area contributed by atoms with Crippen molar-refractivity contribution in [3.63, 3.8) is 0 Å². The lowest BCUT2D eigenvalue weighted by molar-refractivity contribution is -0.129. The highest BCUT2D eigenvalue weighted by Crippen LogP contribution is 2.26. The average Bonchev–Trinajstić information content (AvgIpc) is 2.79. The summed E-state index contributed by atoms with van der Waals surface area (Å²) < 4.78 is 33.1. The fourth-order valence-corrected chi connectivity index (χ4v) is 4.78. The Kier molecular flexibility index (Phi) is 6.41. The van der Waals surface area contributed by atoms with Crippen LogP contribution in [0.3, 0.4) is 0 Å².